The molecule has 1 heterocycles. The van der Waals surface area contributed by atoms with Gasteiger partial charge >= 0.3 is 0 Å². The minimum atomic E-state index is -0.291. The van der Waals surface area contributed by atoms with Gasteiger partial charge in [-0.1, -0.05) is 6.92 Å². The first kappa shape index (κ1) is 15.6. The molecule has 1 rings (SSSR count). The molecule has 0 saturated heterocycles. The van der Waals surface area contributed by atoms with E-state index in [0.29, 0.717) is 4.88 Å². The molecule has 0 unspecified atom stereocenters. The zero-order valence-electron chi connectivity index (χ0n) is 12.1. The molecule has 0 aliphatic rings. The average Bonchev–Trinajstić information content (AvgIpc) is 2.73. The zero-order valence-corrected chi connectivity index (χ0v) is 12.9. The Morgan fingerprint density at radius 3 is 2.53 bits per heavy atom. The Kier molecular flexibility index (Phi) is 5.05. The Bertz CT molecular complexity index is 463. The minimum absolute atomic E-state index is 0.0511. The zero-order chi connectivity index (χ0) is 14.6. The summed E-state index contributed by atoms with van der Waals surface area (Å²) in [4.78, 5) is 30.0. The molecule has 0 atom stereocenters. The number of carbonyl (C=O) groups excluding carboxylic acids is 2. The van der Waals surface area contributed by atoms with Gasteiger partial charge in [-0.05, 0) is 27.2 Å². The molecule has 5 nitrogen and oxygen atoms in total. The van der Waals surface area contributed by atoms with Crippen LogP contribution in [0.2, 0.25) is 0 Å². The minimum Gasteiger partial charge on any atom is -0.350 e. The standard InChI is InChI=1S/C13H21N3O2S/c1-6-11-14-7-9(19-11)12(18)16(5)8-10(17)15-13(2,3)4/h7H,6,8H2,1-5H3,(H,15,17). The lowest BCUT2D eigenvalue weighted by Crippen LogP contribution is -2.46. The molecule has 19 heavy (non-hydrogen) atoms. The van der Waals surface area contributed by atoms with E-state index in [1.807, 2.05) is 27.7 Å². The molecule has 1 aromatic heterocycles. The number of hydrogen-bond acceptors (Lipinski definition) is 4. The van der Waals surface area contributed by atoms with Gasteiger partial charge in [-0.25, -0.2) is 4.98 Å². The number of thiazole rings is 1. The van der Waals surface area contributed by atoms with Crippen LogP contribution < -0.4 is 5.32 Å². The van der Waals surface area contributed by atoms with Crippen LogP contribution in [-0.2, 0) is 11.2 Å². The molecule has 0 aromatic carbocycles. The van der Waals surface area contributed by atoms with E-state index in [0.717, 1.165) is 11.4 Å². The first-order valence-corrected chi connectivity index (χ1v) is 7.05. The quantitative estimate of drug-likeness (QED) is 0.914. The highest BCUT2D eigenvalue weighted by atomic mass is 32.1. The lowest BCUT2D eigenvalue weighted by molar-refractivity contribution is -0.122. The van der Waals surface area contributed by atoms with Gasteiger partial charge in [0.15, 0.2) is 0 Å². The van der Waals surface area contributed by atoms with E-state index in [4.69, 9.17) is 0 Å². The SMILES string of the molecule is CCc1ncc(C(=O)N(C)CC(=O)NC(C)(C)C)s1. The highest BCUT2D eigenvalue weighted by Crippen LogP contribution is 2.15. The van der Waals surface area contributed by atoms with Crippen molar-refractivity contribution in [1.82, 2.24) is 15.2 Å². The molecule has 0 saturated carbocycles. The van der Waals surface area contributed by atoms with Crippen LogP contribution in [0.1, 0.15) is 42.4 Å². The van der Waals surface area contributed by atoms with Crippen LogP contribution in [0, 0.1) is 0 Å². The summed E-state index contributed by atoms with van der Waals surface area (Å²) in [6.07, 6.45) is 2.39. The lowest BCUT2D eigenvalue weighted by Gasteiger charge is -2.23. The van der Waals surface area contributed by atoms with Crippen molar-refractivity contribution in [2.75, 3.05) is 13.6 Å². The van der Waals surface area contributed by atoms with Crippen molar-refractivity contribution in [3.05, 3.63) is 16.1 Å². The second kappa shape index (κ2) is 6.14. The maximum Gasteiger partial charge on any atom is 0.265 e. The number of likely N-dealkylation sites (N-methyl/N-ethyl adjacent to an activating group) is 1. The Labute approximate surface area is 118 Å². The van der Waals surface area contributed by atoms with Gasteiger partial charge < -0.3 is 10.2 Å². The number of carbonyl (C=O) groups is 2. The van der Waals surface area contributed by atoms with Crippen molar-refractivity contribution in [3.8, 4) is 0 Å². The van der Waals surface area contributed by atoms with Gasteiger partial charge in [0.2, 0.25) is 5.91 Å². The van der Waals surface area contributed by atoms with E-state index >= 15 is 0 Å². The van der Waals surface area contributed by atoms with Crippen LogP contribution in [0.5, 0.6) is 0 Å². The third-order valence-corrected chi connectivity index (χ3v) is 3.44. The Hall–Kier alpha value is -1.43. The van der Waals surface area contributed by atoms with E-state index < -0.39 is 0 Å². The number of aromatic nitrogens is 1. The Morgan fingerprint density at radius 2 is 2.05 bits per heavy atom. The third-order valence-electron chi connectivity index (χ3n) is 2.31. The molecule has 0 bridgehead atoms. The van der Waals surface area contributed by atoms with Gasteiger partial charge in [0.25, 0.3) is 5.91 Å². The summed E-state index contributed by atoms with van der Waals surface area (Å²) in [7, 11) is 1.62. The molecule has 1 N–H and O–H groups in total. The van der Waals surface area contributed by atoms with Crippen LogP contribution in [0.15, 0.2) is 6.20 Å². The monoisotopic (exact) mass is 283 g/mol. The average molecular weight is 283 g/mol. The van der Waals surface area contributed by atoms with E-state index in [9.17, 15) is 9.59 Å². The lowest BCUT2D eigenvalue weighted by atomic mass is 10.1. The van der Waals surface area contributed by atoms with Crippen molar-refractivity contribution < 1.29 is 9.59 Å². The summed E-state index contributed by atoms with van der Waals surface area (Å²) in [5.74, 6) is -0.329. The second-order valence-corrected chi connectivity index (χ2v) is 6.55. The fourth-order valence-electron chi connectivity index (χ4n) is 1.51. The maximum atomic E-state index is 12.1. The number of nitrogens with one attached hydrogen (secondary N) is 1. The fraction of sp³-hybridized carbons (Fsp3) is 0.615. The van der Waals surface area contributed by atoms with Crippen LogP contribution in [0.3, 0.4) is 0 Å². The molecule has 0 aliphatic heterocycles. The van der Waals surface area contributed by atoms with Gasteiger partial charge in [-0.3, -0.25) is 9.59 Å². The smallest absolute Gasteiger partial charge is 0.265 e. The largest absolute Gasteiger partial charge is 0.350 e. The molecule has 0 radical (unpaired) electrons. The second-order valence-electron chi connectivity index (χ2n) is 5.43. The van der Waals surface area contributed by atoms with Crippen LogP contribution >= 0.6 is 11.3 Å². The van der Waals surface area contributed by atoms with E-state index in [2.05, 4.69) is 10.3 Å². The normalized spacial score (nSPS) is 11.2. The molecular weight excluding hydrogens is 262 g/mol. The third kappa shape index (κ3) is 4.98. The summed E-state index contributed by atoms with van der Waals surface area (Å²) in [6.45, 7) is 7.76. The van der Waals surface area contributed by atoms with Gasteiger partial charge in [-0.15, -0.1) is 11.3 Å². The van der Waals surface area contributed by atoms with Crippen molar-refractivity contribution in [1.29, 1.82) is 0 Å². The molecule has 0 fully saturated rings. The number of hydrogen-bond donors (Lipinski definition) is 1. The highest BCUT2D eigenvalue weighted by Gasteiger charge is 2.20. The van der Waals surface area contributed by atoms with Crippen LogP contribution in [0.25, 0.3) is 0 Å². The highest BCUT2D eigenvalue weighted by molar-refractivity contribution is 7.13. The van der Waals surface area contributed by atoms with Crippen molar-refractivity contribution >= 4 is 23.2 Å². The van der Waals surface area contributed by atoms with Crippen LogP contribution in [0.4, 0.5) is 0 Å². The van der Waals surface area contributed by atoms with E-state index in [1.165, 1.54) is 16.2 Å². The molecule has 1 aromatic rings. The Morgan fingerprint density at radius 1 is 1.42 bits per heavy atom. The number of aryl methyl sites for hydroxylation is 1. The predicted octanol–water partition coefficient (Wildman–Crippen LogP) is 1.69. The van der Waals surface area contributed by atoms with Gasteiger partial charge in [0, 0.05) is 12.6 Å². The van der Waals surface area contributed by atoms with Crippen molar-refractivity contribution in [3.63, 3.8) is 0 Å². The number of amides is 2. The molecule has 0 aliphatic carbocycles. The summed E-state index contributed by atoms with van der Waals surface area (Å²) in [5.41, 5.74) is -0.291. The fourth-order valence-corrected chi connectivity index (χ4v) is 2.36. The van der Waals surface area contributed by atoms with Gasteiger partial charge in [0.1, 0.15) is 4.88 Å². The number of rotatable bonds is 4. The van der Waals surface area contributed by atoms with Crippen LogP contribution in [-0.4, -0.2) is 40.8 Å². The first-order chi connectivity index (χ1) is 8.73. The van der Waals surface area contributed by atoms with Crippen molar-refractivity contribution in [2.45, 2.75) is 39.7 Å². The molecular formula is C13H21N3O2S. The number of nitrogens with zero attached hydrogens (tertiary/aromatic N) is 2. The predicted molar refractivity (Wildman–Crippen MR) is 76.3 cm³/mol. The van der Waals surface area contributed by atoms with Gasteiger partial charge in [0.05, 0.1) is 17.7 Å². The van der Waals surface area contributed by atoms with Crippen molar-refractivity contribution in [2.24, 2.45) is 0 Å². The first-order valence-electron chi connectivity index (χ1n) is 6.24. The molecule has 6 heteroatoms. The molecule has 106 valence electrons. The summed E-state index contributed by atoms with van der Waals surface area (Å²) in [6, 6.07) is 0. The molecule has 2 amide bonds. The Balaban J connectivity index is 2.60. The summed E-state index contributed by atoms with van der Waals surface area (Å²) >= 11 is 1.38. The molecule has 0 spiro atoms. The van der Waals surface area contributed by atoms with E-state index in [-0.39, 0.29) is 23.9 Å². The maximum absolute atomic E-state index is 12.1. The topological polar surface area (TPSA) is 62.3 Å². The summed E-state index contributed by atoms with van der Waals surface area (Å²) in [5, 5.41) is 3.75. The summed E-state index contributed by atoms with van der Waals surface area (Å²) < 4.78 is 0. The van der Waals surface area contributed by atoms with Gasteiger partial charge in [-0.2, -0.15) is 0 Å². The van der Waals surface area contributed by atoms with E-state index in [1.54, 1.807) is 13.2 Å².